The average Bonchev–Trinajstić information content (AvgIpc) is 2.60. The SMILES string of the molecule is Nc1ccc2c(c1)[nH]c(=O)c1cc(Br)sc12. The molecular weight excluding hydrogens is 288 g/mol. The van der Waals surface area contributed by atoms with Gasteiger partial charge in [-0.05, 0) is 40.2 Å². The van der Waals surface area contributed by atoms with E-state index in [1.54, 1.807) is 17.4 Å². The van der Waals surface area contributed by atoms with E-state index in [2.05, 4.69) is 20.9 Å². The molecule has 3 rings (SSSR count). The molecule has 16 heavy (non-hydrogen) atoms. The van der Waals surface area contributed by atoms with E-state index in [-0.39, 0.29) is 5.56 Å². The molecule has 3 aromatic rings. The second-order valence-corrected chi connectivity index (χ2v) is 5.98. The van der Waals surface area contributed by atoms with Gasteiger partial charge in [0.05, 0.1) is 19.4 Å². The van der Waals surface area contributed by atoms with Gasteiger partial charge in [0.1, 0.15) is 0 Å². The fourth-order valence-corrected chi connectivity index (χ4v) is 3.42. The van der Waals surface area contributed by atoms with Gasteiger partial charge in [0, 0.05) is 11.1 Å². The van der Waals surface area contributed by atoms with Crippen molar-refractivity contribution in [2.75, 3.05) is 5.73 Å². The maximum Gasteiger partial charge on any atom is 0.257 e. The van der Waals surface area contributed by atoms with Crippen molar-refractivity contribution >= 4 is 53.9 Å². The second kappa shape index (κ2) is 3.33. The van der Waals surface area contributed by atoms with E-state index in [1.807, 2.05) is 18.2 Å². The maximum atomic E-state index is 11.8. The Hall–Kier alpha value is -1.33. The number of thiophene rings is 1. The van der Waals surface area contributed by atoms with Gasteiger partial charge in [-0.15, -0.1) is 11.3 Å². The first-order chi connectivity index (χ1) is 7.65. The van der Waals surface area contributed by atoms with E-state index in [0.717, 1.165) is 19.4 Å². The molecule has 0 spiro atoms. The van der Waals surface area contributed by atoms with Gasteiger partial charge in [0.25, 0.3) is 5.56 Å². The fourth-order valence-electron chi connectivity index (χ4n) is 1.78. The molecule has 0 atom stereocenters. The highest BCUT2D eigenvalue weighted by atomic mass is 79.9. The Kier molecular flexibility index (Phi) is 2.05. The van der Waals surface area contributed by atoms with Crippen LogP contribution in [-0.4, -0.2) is 4.98 Å². The predicted octanol–water partition coefficient (Wildman–Crippen LogP) is 3.09. The minimum absolute atomic E-state index is 0.0740. The second-order valence-electron chi connectivity index (χ2n) is 3.55. The molecule has 3 N–H and O–H groups in total. The number of fused-ring (bicyclic) bond motifs is 3. The number of nitrogen functional groups attached to an aromatic ring is 1. The van der Waals surface area contributed by atoms with Crippen molar-refractivity contribution in [1.82, 2.24) is 4.98 Å². The Bertz CT molecular complexity index is 760. The Morgan fingerprint density at radius 1 is 1.25 bits per heavy atom. The minimum atomic E-state index is -0.0740. The first-order valence-electron chi connectivity index (χ1n) is 4.66. The summed E-state index contributed by atoms with van der Waals surface area (Å²) in [5.74, 6) is 0. The van der Waals surface area contributed by atoms with Gasteiger partial charge in [0.2, 0.25) is 0 Å². The molecule has 0 saturated carbocycles. The third-order valence-electron chi connectivity index (χ3n) is 2.48. The van der Waals surface area contributed by atoms with Crippen molar-refractivity contribution in [2.45, 2.75) is 0 Å². The molecule has 0 aliphatic carbocycles. The molecule has 0 unspecified atom stereocenters. The van der Waals surface area contributed by atoms with Crippen LogP contribution in [0.4, 0.5) is 5.69 Å². The van der Waals surface area contributed by atoms with Gasteiger partial charge >= 0.3 is 0 Å². The molecule has 0 saturated heterocycles. The lowest BCUT2D eigenvalue weighted by atomic mass is 10.2. The van der Waals surface area contributed by atoms with E-state index in [9.17, 15) is 4.79 Å². The summed E-state index contributed by atoms with van der Waals surface area (Å²) >= 11 is 4.96. The third-order valence-corrected chi connectivity index (χ3v) is 4.15. The summed E-state index contributed by atoms with van der Waals surface area (Å²) in [4.78, 5) is 14.6. The standard InChI is InChI=1S/C11H7BrN2OS/c12-9-4-7-10(16-9)6-2-1-5(13)3-8(6)14-11(7)15/h1-4H,13H2,(H,14,15). The molecule has 0 amide bonds. The van der Waals surface area contributed by atoms with Crippen molar-refractivity contribution in [2.24, 2.45) is 0 Å². The van der Waals surface area contributed by atoms with Crippen LogP contribution in [-0.2, 0) is 0 Å². The molecule has 0 radical (unpaired) electrons. The van der Waals surface area contributed by atoms with Crippen LogP contribution in [0.2, 0.25) is 0 Å². The Morgan fingerprint density at radius 3 is 2.88 bits per heavy atom. The first-order valence-corrected chi connectivity index (χ1v) is 6.26. The highest BCUT2D eigenvalue weighted by Gasteiger charge is 2.08. The van der Waals surface area contributed by atoms with E-state index < -0.39 is 0 Å². The van der Waals surface area contributed by atoms with E-state index in [0.29, 0.717) is 11.1 Å². The summed E-state index contributed by atoms with van der Waals surface area (Å²) in [5, 5.41) is 1.74. The Morgan fingerprint density at radius 2 is 2.06 bits per heavy atom. The molecule has 2 heterocycles. The van der Waals surface area contributed by atoms with Crippen molar-refractivity contribution in [3.05, 3.63) is 38.4 Å². The molecular formula is C11H7BrN2OS. The summed E-state index contributed by atoms with van der Waals surface area (Å²) in [6.07, 6.45) is 0. The molecule has 0 fully saturated rings. The van der Waals surface area contributed by atoms with Crippen LogP contribution in [0.1, 0.15) is 0 Å². The predicted molar refractivity (Wildman–Crippen MR) is 72.1 cm³/mol. The lowest BCUT2D eigenvalue weighted by molar-refractivity contribution is 1.35. The maximum absolute atomic E-state index is 11.8. The van der Waals surface area contributed by atoms with Crippen molar-refractivity contribution in [3.8, 4) is 0 Å². The molecule has 80 valence electrons. The number of hydrogen-bond acceptors (Lipinski definition) is 3. The highest BCUT2D eigenvalue weighted by molar-refractivity contribution is 9.11. The Balaban J connectivity index is 2.63. The molecule has 2 aromatic heterocycles. The number of nitrogens with two attached hydrogens (primary N) is 1. The van der Waals surface area contributed by atoms with Crippen LogP contribution < -0.4 is 11.3 Å². The number of benzene rings is 1. The van der Waals surface area contributed by atoms with Crippen LogP contribution in [0.25, 0.3) is 21.0 Å². The zero-order valence-corrected chi connectivity index (χ0v) is 10.5. The largest absolute Gasteiger partial charge is 0.399 e. The monoisotopic (exact) mass is 294 g/mol. The fraction of sp³-hybridized carbons (Fsp3) is 0. The quantitative estimate of drug-likeness (QED) is 0.626. The van der Waals surface area contributed by atoms with Crippen LogP contribution in [0.15, 0.2) is 32.8 Å². The molecule has 3 nitrogen and oxygen atoms in total. The number of aromatic amines is 1. The molecule has 1 aromatic carbocycles. The molecule has 0 aliphatic heterocycles. The zero-order chi connectivity index (χ0) is 11.3. The normalized spacial score (nSPS) is 11.3. The average molecular weight is 295 g/mol. The smallest absolute Gasteiger partial charge is 0.257 e. The summed E-state index contributed by atoms with van der Waals surface area (Å²) in [5.41, 5.74) is 7.06. The summed E-state index contributed by atoms with van der Waals surface area (Å²) in [6, 6.07) is 7.40. The first kappa shape index (κ1) is 9.86. The van der Waals surface area contributed by atoms with Gasteiger partial charge in [-0.25, -0.2) is 0 Å². The van der Waals surface area contributed by atoms with Gasteiger partial charge < -0.3 is 10.7 Å². The highest BCUT2D eigenvalue weighted by Crippen LogP contribution is 2.32. The molecule has 0 bridgehead atoms. The third kappa shape index (κ3) is 1.36. The van der Waals surface area contributed by atoms with Gasteiger partial charge in [-0.1, -0.05) is 0 Å². The van der Waals surface area contributed by atoms with Gasteiger partial charge in [0.15, 0.2) is 0 Å². The number of nitrogens with one attached hydrogen (secondary N) is 1. The lowest BCUT2D eigenvalue weighted by Crippen LogP contribution is -2.04. The number of hydrogen-bond donors (Lipinski definition) is 2. The number of H-pyrrole nitrogens is 1. The van der Waals surface area contributed by atoms with Crippen LogP contribution in [0.5, 0.6) is 0 Å². The van der Waals surface area contributed by atoms with E-state index >= 15 is 0 Å². The Labute approximate surface area is 103 Å². The van der Waals surface area contributed by atoms with Crippen molar-refractivity contribution in [1.29, 1.82) is 0 Å². The number of pyridine rings is 1. The van der Waals surface area contributed by atoms with Gasteiger partial charge in [-0.3, -0.25) is 4.79 Å². The molecule has 5 heteroatoms. The summed E-state index contributed by atoms with van der Waals surface area (Å²) < 4.78 is 1.95. The minimum Gasteiger partial charge on any atom is -0.399 e. The lowest BCUT2D eigenvalue weighted by Gasteiger charge is -2.00. The van der Waals surface area contributed by atoms with Crippen LogP contribution in [0, 0.1) is 0 Å². The number of halogens is 1. The summed E-state index contributed by atoms with van der Waals surface area (Å²) in [6.45, 7) is 0. The zero-order valence-electron chi connectivity index (χ0n) is 8.08. The summed E-state index contributed by atoms with van der Waals surface area (Å²) in [7, 11) is 0. The number of aromatic nitrogens is 1. The van der Waals surface area contributed by atoms with Crippen LogP contribution >= 0.6 is 27.3 Å². The van der Waals surface area contributed by atoms with Gasteiger partial charge in [-0.2, -0.15) is 0 Å². The van der Waals surface area contributed by atoms with E-state index in [4.69, 9.17) is 5.73 Å². The van der Waals surface area contributed by atoms with Crippen molar-refractivity contribution in [3.63, 3.8) is 0 Å². The number of anilines is 1. The van der Waals surface area contributed by atoms with E-state index in [1.165, 1.54) is 0 Å². The number of rotatable bonds is 0. The topological polar surface area (TPSA) is 58.9 Å². The molecule has 0 aliphatic rings. The van der Waals surface area contributed by atoms with Crippen LogP contribution in [0.3, 0.4) is 0 Å². The van der Waals surface area contributed by atoms with Crippen molar-refractivity contribution < 1.29 is 0 Å².